The number of hydrogen-bond donors (Lipinski definition) is 1. The summed E-state index contributed by atoms with van der Waals surface area (Å²) in [6.45, 7) is 3.37. The lowest BCUT2D eigenvalue weighted by molar-refractivity contribution is 0.430. The highest BCUT2D eigenvalue weighted by Crippen LogP contribution is 2.28. The molecule has 0 atom stereocenters. The molecule has 2 N–H and O–H groups in total. The van der Waals surface area contributed by atoms with Gasteiger partial charge in [0.1, 0.15) is 0 Å². The second-order valence-corrected chi connectivity index (χ2v) is 9.16. The molecule has 1 fully saturated rings. The van der Waals surface area contributed by atoms with Crippen LogP contribution in [0, 0.1) is 13.8 Å². The van der Waals surface area contributed by atoms with Crippen LogP contribution in [0.4, 0.5) is 5.69 Å². The molecule has 0 radical (unpaired) electrons. The van der Waals surface area contributed by atoms with Crippen molar-refractivity contribution in [2.24, 2.45) is 0 Å². The normalized spacial score (nSPS) is 19.9. The Morgan fingerprint density at radius 3 is 2.25 bits per heavy atom. The first-order valence-corrected chi connectivity index (χ1v) is 9.47. The summed E-state index contributed by atoms with van der Waals surface area (Å²) < 4.78 is 49.4. The fourth-order valence-electron chi connectivity index (χ4n) is 2.30. The summed E-state index contributed by atoms with van der Waals surface area (Å²) in [5.74, 6) is -0.265. The van der Waals surface area contributed by atoms with Crippen molar-refractivity contribution in [3.05, 3.63) is 23.3 Å². The molecule has 1 heterocycles. The second kappa shape index (κ2) is 5.01. The minimum absolute atomic E-state index is 0.00164. The van der Waals surface area contributed by atoms with Gasteiger partial charge in [-0.3, -0.25) is 0 Å². The number of sulfonamides is 1. The van der Waals surface area contributed by atoms with Gasteiger partial charge < -0.3 is 5.73 Å². The van der Waals surface area contributed by atoms with Crippen LogP contribution >= 0.6 is 0 Å². The van der Waals surface area contributed by atoms with E-state index in [0.29, 0.717) is 16.8 Å². The van der Waals surface area contributed by atoms with Gasteiger partial charge in [0.25, 0.3) is 0 Å². The Hall–Kier alpha value is -1.12. The van der Waals surface area contributed by atoms with E-state index in [1.165, 1.54) is 4.31 Å². The zero-order chi connectivity index (χ0) is 15.1. The van der Waals surface area contributed by atoms with Crippen molar-refractivity contribution >= 4 is 25.5 Å². The molecule has 0 amide bonds. The van der Waals surface area contributed by atoms with Crippen LogP contribution in [0.5, 0.6) is 0 Å². The maximum atomic E-state index is 12.7. The summed E-state index contributed by atoms with van der Waals surface area (Å²) in [7, 11) is -6.82. The third-order valence-corrected chi connectivity index (χ3v) is 7.34. The average Bonchev–Trinajstić information content (AvgIpc) is 2.33. The molecule has 1 aliphatic rings. The summed E-state index contributed by atoms with van der Waals surface area (Å²) in [6.07, 6.45) is 0. The maximum Gasteiger partial charge on any atom is 0.243 e. The Kier molecular flexibility index (Phi) is 3.83. The Labute approximate surface area is 119 Å². The lowest BCUT2D eigenvalue weighted by Gasteiger charge is -2.27. The Morgan fingerprint density at radius 1 is 1.15 bits per heavy atom. The highest BCUT2D eigenvalue weighted by molar-refractivity contribution is 7.92. The lowest BCUT2D eigenvalue weighted by Crippen LogP contribution is -2.44. The van der Waals surface area contributed by atoms with Crippen LogP contribution < -0.4 is 5.73 Å². The predicted octanol–water partition coefficient (Wildman–Crippen LogP) is 0.305. The molecule has 0 unspecified atom stereocenters. The molecule has 8 heteroatoms. The van der Waals surface area contributed by atoms with E-state index in [-0.39, 0.29) is 29.5 Å². The number of benzene rings is 1. The number of nitrogens with zero attached hydrogens (tertiary/aromatic N) is 1. The summed E-state index contributed by atoms with van der Waals surface area (Å²) >= 11 is 0. The van der Waals surface area contributed by atoms with Gasteiger partial charge in [0.2, 0.25) is 10.0 Å². The van der Waals surface area contributed by atoms with Gasteiger partial charge in [0.05, 0.1) is 16.4 Å². The SMILES string of the molecule is Cc1ccc(N)c(C)c1S(=O)(=O)N1CCS(=O)(=O)CC1. The minimum Gasteiger partial charge on any atom is -0.398 e. The first-order chi connectivity index (χ1) is 9.15. The predicted molar refractivity (Wildman–Crippen MR) is 77.7 cm³/mol. The number of sulfone groups is 1. The van der Waals surface area contributed by atoms with Gasteiger partial charge in [-0.1, -0.05) is 6.07 Å². The monoisotopic (exact) mass is 318 g/mol. The van der Waals surface area contributed by atoms with Crippen LogP contribution in [0.1, 0.15) is 11.1 Å². The summed E-state index contributed by atoms with van der Waals surface area (Å²) in [6, 6.07) is 3.33. The Morgan fingerprint density at radius 2 is 1.70 bits per heavy atom. The van der Waals surface area contributed by atoms with Crippen LogP contribution in [0.25, 0.3) is 0 Å². The van der Waals surface area contributed by atoms with Crippen LogP contribution in [-0.2, 0) is 19.9 Å². The van der Waals surface area contributed by atoms with Crippen molar-refractivity contribution in [2.75, 3.05) is 30.3 Å². The van der Waals surface area contributed by atoms with Crippen LogP contribution in [0.3, 0.4) is 0 Å². The standard InChI is InChI=1S/C12H18N2O4S2/c1-9-3-4-11(13)10(2)12(9)20(17,18)14-5-7-19(15,16)8-6-14/h3-4H,5-8,13H2,1-2H3. The number of nitrogen functional groups attached to an aromatic ring is 1. The molecule has 0 aromatic heterocycles. The van der Waals surface area contributed by atoms with Gasteiger partial charge in [-0.25, -0.2) is 16.8 Å². The van der Waals surface area contributed by atoms with Crippen molar-refractivity contribution in [3.8, 4) is 0 Å². The van der Waals surface area contributed by atoms with E-state index in [9.17, 15) is 16.8 Å². The molecule has 20 heavy (non-hydrogen) atoms. The largest absolute Gasteiger partial charge is 0.398 e. The highest BCUT2D eigenvalue weighted by Gasteiger charge is 2.33. The van der Waals surface area contributed by atoms with E-state index >= 15 is 0 Å². The zero-order valence-corrected chi connectivity index (χ0v) is 13.1. The van der Waals surface area contributed by atoms with Crippen molar-refractivity contribution < 1.29 is 16.8 Å². The third kappa shape index (κ3) is 2.68. The van der Waals surface area contributed by atoms with Crippen molar-refractivity contribution in [2.45, 2.75) is 18.7 Å². The summed E-state index contributed by atoms with van der Waals surface area (Å²) in [5.41, 5.74) is 7.32. The van der Waals surface area contributed by atoms with E-state index in [1.807, 2.05) is 0 Å². The Balaban J connectivity index is 2.45. The fourth-order valence-corrected chi connectivity index (χ4v) is 5.64. The third-order valence-electron chi connectivity index (χ3n) is 3.55. The molecule has 0 bridgehead atoms. The first kappa shape index (κ1) is 15.3. The maximum absolute atomic E-state index is 12.7. The van der Waals surface area contributed by atoms with Gasteiger partial charge in [-0.15, -0.1) is 0 Å². The number of rotatable bonds is 2. The van der Waals surface area contributed by atoms with E-state index in [4.69, 9.17) is 5.73 Å². The topological polar surface area (TPSA) is 97.5 Å². The van der Waals surface area contributed by atoms with Crippen LogP contribution in [0.15, 0.2) is 17.0 Å². The minimum atomic E-state index is -3.71. The molecule has 1 aromatic carbocycles. The number of anilines is 1. The van der Waals surface area contributed by atoms with Crippen molar-refractivity contribution in [3.63, 3.8) is 0 Å². The van der Waals surface area contributed by atoms with Gasteiger partial charge in [-0.05, 0) is 31.0 Å². The van der Waals surface area contributed by atoms with Crippen LogP contribution in [-0.4, -0.2) is 45.7 Å². The van der Waals surface area contributed by atoms with Crippen molar-refractivity contribution in [1.29, 1.82) is 0 Å². The molecule has 1 aliphatic heterocycles. The second-order valence-electron chi connectivity index (χ2n) is 4.98. The first-order valence-electron chi connectivity index (χ1n) is 6.21. The van der Waals surface area contributed by atoms with Gasteiger partial charge in [0.15, 0.2) is 9.84 Å². The van der Waals surface area contributed by atoms with Gasteiger partial charge >= 0.3 is 0 Å². The molecule has 2 rings (SSSR count). The Bertz CT molecular complexity index is 725. The zero-order valence-electron chi connectivity index (χ0n) is 11.5. The van der Waals surface area contributed by atoms with Crippen molar-refractivity contribution in [1.82, 2.24) is 4.31 Å². The number of aryl methyl sites for hydroxylation is 1. The molecular weight excluding hydrogens is 300 g/mol. The van der Waals surface area contributed by atoms with Gasteiger partial charge in [-0.2, -0.15) is 4.31 Å². The molecule has 0 saturated carbocycles. The highest BCUT2D eigenvalue weighted by atomic mass is 32.2. The molecule has 1 saturated heterocycles. The van der Waals surface area contributed by atoms with E-state index in [1.54, 1.807) is 26.0 Å². The van der Waals surface area contributed by atoms with E-state index in [0.717, 1.165) is 0 Å². The average molecular weight is 318 g/mol. The number of nitrogens with two attached hydrogens (primary N) is 1. The van der Waals surface area contributed by atoms with Gasteiger partial charge in [0, 0.05) is 18.8 Å². The number of hydrogen-bond acceptors (Lipinski definition) is 5. The molecule has 6 nitrogen and oxygen atoms in total. The van der Waals surface area contributed by atoms with E-state index < -0.39 is 19.9 Å². The fraction of sp³-hybridized carbons (Fsp3) is 0.500. The summed E-state index contributed by atoms with van der Waals surface area (Å²) in [4.78, 5) is 0.191. The molecule has 1 aromatic rings. The summed E-state index contributed by atoms with van der Waals surface area (Å²) in [5, 5.41) is 0. The lowest BCUT2D eigenvalue weighted by atomic mass is 10.1. The molecular formula is C12H18N2O4S2. The quantitative estimate of drug-likeness (QED) is 0.791. The van der Waals surface area contributed by atoms with Crippen LogP contribution in [0.2, 0.25) is 0 Å². The smallest absolute Gasteiger partial charge is 0.243 e. The molecule has 0 spiro atoms. The molecule has 0 aliphatic carbocycles. The van der Waals surface area contributed by atoms with E-state index in [2.05, 4.69) is 0 Å². The molecule has 112 valence electrons.